The summed E-state index contributed by atoms with van der Waals surface area (Å²) in [7, 11) is 0. The Labute approximate surface area is 87.7 Å². The lowest BCUT2D eigenvalue weighted by Gasteiger charge is -2.23. The summed E-state index contributed by atoms with van der Waals surface area (Å²) in [5.74, 6) is -1.60. The molecule has 0 bridgehead atoms. The number of aliphatic hydroxyl groups excluding tert-OH is 1. The van der Waals surface area contributed by atoms with E-state index in [0.29, 0.717) is 0 Å². The summed E-state index contributed by atoms with van der Waals surface area (Å²) >= 11 is 0. The molecule has 86 valence electrons. The van der Waals surface area contributed by atoms with E-state index in [-0.39, 0.29) is 12.5 Å². The molecule has 6 nitrogen and oxygen atoms in total. The first-order valence-corrected chi connectivity index (χ1v) is 4.90. The van der Waals surface area contributed by atoms with Gasteiger partial charge in [0.15, 0.2) is 6.10 Å². The highest BCUT2D eigenvalue weighted by molar-refractivity contribution is 5.86. The van der Waals surface area contributed by atoms with E-state index in [0.717, 1.165) is 19.4 Å². The van der Waals surface area contributed by atoms with Crippen molar-refractivity contribution in [1.29, 1.82) is 0 Å². The molecule has 0 saturated carbocycles. The average Bonchev–Trinajstić information content (AvgIpc) is 2.62. The highest BCUT2D eigenvalue weighted by Crippen LogP contribution is 2.18. The summed E-state index contributed by atoms with van der Waals surface area (Å²) in [6, 6.07) is 0. The van der Waals surface area contributed by atoms with Crippen molar-refractivity contribution in [2.24, 2.45) is 0 Å². The van der Waals surface area contributed by atoms with Gasteiger partial charge in [-0.2, -0.15) is 0 Å². The fourth-order valence-electron chi connectivity index (χ4n) is 1.56. The molecule has 2 atom stereocenters. The molecule has 1 fully saturated rings. The summed E-state index contributed by atoms with van der Waals surface area (Å²) in [5.41, 5.74) is -0.627. The fourth-order valence-corrected chi connectivity index (χ4v) is 1.56. The lowest BCUT2D eigenvalue weighted by atomic mass is 9.99. The predicted molar refractivity (Wildman–Crippen MR) is 52.3 cm³/mol. The zero-order valence-corrected chi connectivity index (χ0v) is 8.62. The first-order valence-electron chi connectivity index (χ1n) is 4.90. The molecule has 4 N–H and O–H groups in total. The van der Waals surface area contributed by atoms with Gasteiger partial charge in [0.2, 0.25) is 5.91 Å². The van der Waals surface area contributed by atoms with Gasteiger partial charge in [-0.25, -0.2) is 4.79 Å². The predicted octanol–water partition coefficient (Wildman–Crippen LogP) is -1.31. The van der Waals surface area contributed by atoms with Crippen molar-refractivity contribution >= 4 is 11.9 Å². The SMILES string of the molecule is CC1(C(=O)NCC(O)C(=O)O)CCCN1. The van der Waals surface area contributed by atoms with E-state index in [1.807, 2.05) is 0 Å². The largest absolute Gasteiger partial charge is 0.479 e. The summed E-state index contributed by atoms with van der Waals surface area (Å²) in [6.07, 6.45) is 0.104. The van der Waals surface area contributed by atoms with Crippen molar-refractivity contribution in [1.82, 2.24) is 10.6 Å². The first-order chi connectivity index (χ1) is 6.96. The molecule has 2 unspecified atom stereocenters. The van der Waals surface area contributed by atoms with E-state index in [1.54, 1.807) is 6.92 Å². The summed E-state index contributed by atoms with van der Waals surface area (Å²) in [4.78, 5) is 21.9. The lowest BCUT2D eigenvalue weighted by Crippen LogP contribution is -2.53. The highest BCUT2D eigenvalue weighted by Gasteiger charge is 2.35. The van der Waals surface area contributed by atoms with Gasteiger partial charge >= 0.3 is 5.97 Å². The van der Waals surface area contributed by atoms with Crippen LogP contribution in [0, 0.1) is 0 Å². The molecule has 0 aliphatic carbocycles. The molecule has 0 aromatic rings. The van der Waals surface area contributed by atoms with Gasteiger partial charge in [-0.3, -0.25) is 4.79 Å². The van der Waals surface area contributed by atoms with Crippen LogP contribution in [0.25, 0.3) is 0 Å². The van der Waals surface area contributed by atoms with Crippen LogP contribution in [0.15, 0.2) is 0 Å². The molecule has 1 saturated heterocycles. The highest BCUT2D eigenvalue weighted by atomic mass is 16.4. The number of carbonyl (C=O) groups is 2. The fraction of sp³-hybridized carbons (Fsp3) is 0.778. The minimum absolute atomic E-state index is 0.258. The van der Waals surface area contributed by atoms with E-state index in [4.69, 9.17) is 10.2 Å². The molecule has 0 radical (unpaired) electrons. The maximum absolute atomic E-state index is 11.6. The molecule has 1 heterocycles. The van der Waals surface area contributed by atoms with Crippen molar-refractivity contribution in [3.05, 3.63) is 0 Å². The summed E-state index contributed by atoms with van der Waals surface area (Å²) in [5, 5.41) is 22.8. The zero-order valence-electron chi connectivity index (χ0n) is 8.62. The smallest absolute Gasteiger partial charge is 0.334 e. The van der Waals surface area contributed by atoms with Crippen LogP contribution in [0.5, 0.6) is 0 Å². The molecule has 0 aromatic heterocycles. The second kappa shape index (κ2) is 4.59. The van der Waals surface area contributed by atoms with Crippen molar-refractivity contribution in [3.63, 3.8) is 0 Å². The van der Waals surface area contributed by atoms with E-state index < -0.39 is 17.6 Å². The quantitative estimate of drug-likeness (QED) is 0.467. The number of carboxylic acids is 1. The van der Waals surface area contributed by atoms with Crippen molar-refractivity contribution in [3.8, 4) is 0 Å². The van der Waals surface area contributed by atoms with Gasteiger partial charge in [0.05, 0.1) is 12.1 Å². The Morgan fingerprint density at radius 3 is 2.73 bits per heavy atom. The van der Waals surface area contributed by atoms with Crippen LogP contribution in [-0.2, 0) is 9.59 Å². The molecule has 15 heavy (non-hydrogen) atoms. The zero-order chi connectivity index (χ0) is 11.5. The second-order valence-corrected chi connectivity index (χ2v) is 3.93. The number of nitrogens with one attached hydrogen (secondary N) is 2. The number of rotatable bonds is 4. The van der Waals surface area contributed by atoms with Crippen LogP contribution < -0.4 is 10.6 Å². The van der Waals surface area contributed by atoms with E-state index in [1.165, 1.54) is 0 Å². The first kappa shape index (κ1) is 11.9. The van der Waals surface area contributed by atoms with Crippen LogP contribution in [-0.4, -0.2) is 46.8 Å². The number of hydrogen-bond donors (Lipinski definition) is 4. The van der Waals surface area contributed by atoms with Gasteiger partial charge in [0.1, 0.15) is 0 Å². The Morgan fingerprint density at radius 2 is 2.27 bits per heavy atom. The van der Waals surface area contributed by atoms with Gasteiger partial charge in [-0.15, -0.1) is 0 Å². The Balaban J connectivity index is 2.39. The summed E-state index contributed by atoms with van der Waals surface area (Å²) < 4.78 is 0. The van der Waals surface area contributed by atoms with E-state index >= 15 is 0 Å². The third-order valence-electron chi connectivity index (χ3n) is 2.61. The number of carbonyl (C=O) groups excluding carboxylic acids is 1. The maximum atomic E-state index is 11.6. The molecule has 1 aliphatic heterocycles. The van der Waals surface area contributed by atoms with Crippen LogP contribution in [0.4, 0.5) is 0 Å². The number of amides is 1. The van der Waals surface area contributed by atoms with Crippen molar-refractivity contribution in [2.75, 3.05) is 13.1 Å². The molecule has 0 aromatic carbocycles. The van der Waals surface area contributed by atoms with Crippen LogP contribution in [0.1, 0.15) is 19.8 Å². The number of aliphatic carboxylic acids is 1. The normalized spacial score (nSPS) is 27.3. The Morgan fingerprint density at radius 1 is 1.60 bits per heavy atom. The maximum Gasteiger partial charge on any atom is 0.334 e. The van der Waals surface area contributed by atoms with Gasteiger partial charge in [-0.05, 0) is 26.3 Å². The van der Waals surface area contributed by atoms with Crippen LogP contribution in [0.2, 0.25) is 0 Å². The average molecular weight is 216 g/mol. The minimum atomic E-state index is -1.54. The number of carboxylic acid groups (broad SMARTS) is 1. The van der Waals surface area contributed by atoms with Gasteiger partial charge in [0.25, 0.3) is 0 Å². The summed E-state index contributed by atoms with van der Waals surface area (Å²) in [6.45, 7) is 2.29. The topological polar surface area (TPSA) is 98.7 Å². The van der Waals surface area contributed by atoms with E-state index in [9.17, 15) is 9.59 Å². The second-order valence-electron chi connectivity index (χ2n) is 3.93. The van der Waals surface area contributed by atoms with Crippen LogP contribution in [0.3, 0.4) is 0 Å². The lowest BCUT2D eigenvalue weighted by molar-refractivity contribution is -0.146. The third-order valence-corrected chi connectivity index (χ3v) is 2.61. The minimum Gasteiger partial charge on any atom is -0.479 e. The standard InChI is InChI=1S/C9H16N2O4/c1-9(3-2-4-11-9)8(15)10-5-6(12)7(13)14/h6,11-12H,2-5H2,1H3,(H,10,15)(H,13,14). The van der Waals surface area contributed by atoms with Gasteiger partial charge < -0.3 is 20.8 Å². The molecular formula is C9H16N2O4. The van der Waals surface area contributed by atoms with Crippen molar-refractivity contribution < 1.29 is 19.8 Å². The molecule has 1 amide bonds. The van der Waals surface area contributed by atoms with Gasteiger partial charge in [-0.1, -0.05) is 0 Å². The van der Waals surface area contributed by atoms with Gasteiger partial charge in [0, 0.05) is 0 Å². The number of hydrogen-bond acceptors (Lipinski definition) is 4. The molecule has 0 spiro atoms. The van der Waals surface area contributed by atoms with Crippen LogP contribution >= 0.6 is 0 Å². The molecular weight excluding hydrogens is 200 g/mol. The Kier molecular flexibility index (Phi) is 3.65. The number of aliphatic hydroxyl groups is 1. The Bertz CT molecular complexity index is 261. The molecule has 1 aliphatic rings. The van der Waals surface area contributed by atoms with Crippen molar-refractivity contribution in [2.45, 2.75) is 31.4 Å². The molecule has 1 rings (SSSR count). The Hall–Kier alpha value is -1.14. The molecule has 6 heteroatoms. The van der Waals surface area contributed by atoms with E-state index in [2.05, 4.69) is 10.6 Å². The monoisotopic (exact) mass is 216 g/mol. The third kappa shape index (κ3) is 2.90.